The van der Waals surface area contributed by atoms with E-state index in [-0.39, 0.29) is 17.0 Å². The maximum absolute atomic E-state index is 12.5. The van der Waals surface area contributed by atoms with Crippen molar-refractivity contribution in [2.24, 2.45) is 0 Å². The number of nitrogens with one attached hydrogen (secondary N) is 1. The molecule has 0 aliphatic carbocycles. The zero-order valence-corrected chi connectivity index (χ0v) is 13.3. The summed E-state index contributed by atoms with van der Waals surface area (Å²) in [5.74, 6) is 0.558. The Morgan fingerprint density at radius 2 is 1.96 bits per heavy atom. The molecule has 0 radical (unpaired) electrons. The van der Waals surface area contributed by atoms with E-state index < -0.39 is 10.0 Å². The average molecular weight is 339 g/mol. The minimum atomic E-state index is -3.82. The molecule has 120 valence electrons. The standard InChI is InChI=1S/C17H13N3O3S/c18-11-13-5-1-2-8-16(13)24(21,22)20-12-14-6-3-9-19-17(14)15-7-4-10-23-15/h1-10,20H,12H2. The highest BCUT2D eigenvalue weighted by Gasteiger charge is 2.19. The Labute approximate surface area is 139 Å². The first-order chi connectivity index (χ1) is 11.6. The van der Waals surface area contributed by atoms with E-state index in [2.05, 4.69) is 9.71 Å². The topological polar surface area (TPSA) is 96.0 Å². The number of pyridine rings is 1. The highest BCUT2D eigenvalue weighted by Crippen LogP contribution is 2.22. The second-order valence-corrected chi connectivity index (χ2v) is 6.66. The second-order valence-electron chi connectivity index (χ2n) is 4.92. The minimum absolute atomic E-state index is 0.0337. The Hall–Kier alpha value is -2.95. The molecule has 0 atom stereocenters. The molecule has 0 fully saturated rings. The number of furan rings is 1. The van der Waals surface area contributed by atoms with Crippen LogP contribution < -0.4 is 4.72 Å². The van der Waals surface area contributed by atoms with E-state index >= 15 is 0 Å². The van der Waals surface area contributed by atoms with Crippen LogP contribution in [0.5, 0.6) is 0 Å². The molecule has 2 aromatic heterocycles. The Morgan fingerprint density at radius 1 is 1.12 bits per heavy atom. The van der Waals surface area contributed by atoms with Gasteiger partial charge >= 0.3 is 0 Å². The Kier molecular flexibility index (Phi) is 4.42. The van der Waals surface area contributed by atoms with Gasteiger partial charge in [0, 0.05) is 12.7 Å². The average Bonchev–Trinajstić information content (AvgIpc) is 3.15. The van der Waals surface area contributed by atoms with E-state index in [0.717, 1.165) is 0 Å². The smallest absolute Gasteiger partial charge is 0.242 e. The molecule has 3 rings (SSSR count). The predicted octanol–water partition coefficient (Wildman–Crippen LogP) is 2.69. The number of aromatic nitrogens is 1. The molecule has 0 saturated carbocycles. The zero-order chi connectivity index (χ0) is 17.0. The SMILES string of the molecule is N#Cc1ccccc1S(=O)(=O)NCc1cccnc1-c1ccco1. The summed E-state index contributed by atoms with van der Waals surface area (Å²) in [4.78, 5) is 4.20. The molecule has 2 heterocycles. The van der Waals surface area contributed by atoms with Crippen LogP contribution in [0.4, 0.5) is 0 Å². The molecule has 0 aliphatic heterocycles. The van der Waals surface area contributed by atoms with Gasteiger partial charge < -0.3 is 4.42 Å². The lowest BCUT2D eigenvalue weighted by atomic mass is 10.1. The van der Waals surface area contributed by atoms with Crippen LogP contribution in [0.25, 0.3) is 11.5 Å². The van der Waals surface area contributed by atoms with Gasteiger partial charge in [0.1, 0.15) is 11.8 Å². The van der Waals surface area contributed by atoms with Crippen molar-refractivity contribution in [1.29, 1.82) is 5.26 Å². The van der Waals surface area contributed by atoms with Crippen molar-refractivity contribution in [3.8, 4) is 17.5 Å². The van der Waals surface area contributed by atoms with E-state index in [1.54, 1.807) is 42.6 Å². The highest BCUT2D eigenvalue weighted by atomic mass is 32.2. The van der Waals surface area contributed by atoms with E-state index in [0.29, 0.717) is 17.0 Å². The molecule has 3 aromatic rings. The van der Waals surface area contributed by atoms with Crippen molar-refractivity contribution < 1.29 is 12.8 Å². The summed E-state index contributed by atoms with van der Waals surface area (Å²) in [6.07, 6.45) is 3.14. The van der Waals surface area contributed by atoms with Gasteiger partial charge in [-0.3, -0.25) is 4.98 Å². The number of benzene rings is 1. The summed E-state index contributed by atoms with van der Waals surface area (Å²) < 4.78 is 32.8. The van der Waals surface area contributed by atoms with Crippen LogP contribution in [0.1, 0.15) is 11.1 Å². The molecular formula is C17H13N3O3S. The van der Waals surface area contributed by atoms with Gasteiger partial charge in [-0.1, -0.05) is 18.2 Å². The van der Waals surface area contributed by atoms with Gasteiger partial charge in [-0.25, -0.2) is 13.1 Å². The van der Waals surface area contributed by atoms with E-state index in [4.69, 9.17) is 9.68 Å². The number of nitrogens with zero attached hydrogens (tertiary/aromatic N) is 2. The van der Waals surface area contributed by atoms with Gasteiger partial charge in [-0.15, -0.1) is 0 Å². The third kappa shape index (κ3) is 3.20. The van der Waals surface area contributed by atoms with Gasteiger partial charge in [0.15, 0.2) is 5.76 Å². The summed E-state index contributed by atoms with van der Waals surface area (Å²) in [6, 6.07) is 14.9. The van der Waals surface area contributed by atoms with Crippen LogP contribution in [0.2, 0.25) is 0 Å². The molecule has 0 saturated heterocycles. The lowest BCUT2D eigenvalue weighted by molar-refractivity contribution is 0.575. The van der Waals surface area contributed by atoms with Gasteiger partial charge in [0.2, 0.25) is 10.0 Å². The van der Waals surface area contributed by atoms with Crippen molar-refractivity contribution in [2.75, 3.05) is 0 Å². The number of rotatable bonds is 5. The summed E-state index contributed by atoms with van der Waals surface area (Å²) in [7, 11) is -3.82. The van der Waals surface area contributed by atoms with Crippen LogP contribution in [0.15, 0.2) is 70.3 Å². The van der Waals surface area contributed by atoms with Gasteiger partial charge in [0.05, 0.1) is 16.7 Å². The summed E-state index contributed by atoms with van der Waals surface area (Å²) in [6.45, 7) is 0.0337. The first kappa shape index (κ1) is 15.9. The van der Waals surface area contributed by atoms with Crippen molar-refractivity contribution in [2.45, 2.75) is 11.4 Å². The lowest BCUT2D eigenvalue weighted by Crippen LogP contribution is -2.24. The summed E-state index contributed by atoms with van der Waals surface area (Å²) in [5.41, 5.74) is 1.34. The second kappa shape index (κ2) is 6.66. The number of hydrogen-bond acceptors (Lipinski definition) is 5. The lowest BCUT2D eigenvalue weighted by Gasteiger charge is -2.10. The Balaban J connectivity index is 1.88. The molecule has 0 spiro atoms. The Bertz CT molecular complexity index is 990. The molecule has 0 unspecified atom stereocenters. The zero-order valence-electron chi connectivity index (χ0n) is 12.5. The fraction of sp³-hybridized carbons (Fsp3) is 0.0588. The molecule has 24 heavy (non-hydrogen) atoms. The maximum atomic E-state index is 12.5. The highest BCUT2D eigenvalue weighted by molar-refractivity contribution is 7.89. The van der Waals surface area contributed by atoms with Crippen molar-refractivity contribution in [1.82, 2.24) is 9.71 Å². The van der Waals surface area contributed by atoms with E-state index in [9.17, 15) is 8.42 Å². The van der Waals surface area contributed by atoms with Crippen molar-refractivity contribution in [3.63, 3.8) is 0 Å². The first-order valence-corrected chi connectivity index (χ1v) is 8.57. The van der Waals surface area contributed by atoms with Crippen LogP contribution in [0.3, 0.4) is 0 Å². The van der Waals surface area contributed by atoms with Crippen LogP contribution in [-0.4, -0.2) is 13.4 Å². The quantitative estimate of drug-likeness (QED) is 0.771. The van der Waals surface area contributed by atoms with Crippen LogP contribution in [-0.2, 0) is 16.6 Å². The van der Waals surface area contributed by atoms with Gasteiger partial charge in [0.25, 0.3) is 0 Å². The third-order valence-corrected chi connectivity index (χ3v) is 4.85. The first-order valence-electron chi connectivity index (χ1n) is 7.08. The number of hydrogen-bond donors (Lipinski definition) is 1. The molecular weight excluding hydrogens is 326 g/mol. The normalized spacial score (nSPS) is 11.1. The molecule has 1 N–H and O–H groups in total. The van der Waals surface area contributed by atoms with Gasteiger partial charge in [-0.05, 0) is 35.9 Å². The van der Waals surface area contributed by atoms with Crippen LogP contribution >= 0.6 is 0 Å². The molecule has 0 aliphatic rings. The van der Waals surface area contributed by atoms with Crippen LogP contribution in [0, 0.1) is 11.3 Å². The predicted molar refractivity (Wildman–Crippen MR) is 87.1 cm³/mol. The fourth-order valence-electron chi connectivity index (χ4n) is 2.26. The minimum Gasteiger partial charge on any atom is -0.463 e. The largest absolute Gasteiger partial charge is 0.463 e. The molecule has 0 bridgehead atoms. The van der Waals surface area contributed by atoms with E-state index in [1.807, 2.05) is 6.07 Å². The Morgan fingerprint density at radius 3 is 2.71 bits per heavy atom. The van der Waals surface area contributed by atoms with Crippen molar-refractivity contribution >= 4 is 10.0 Å². The number of nitriles is 1. The summed E-state index contributed by atoms with van der Waals surface area (Å²) >= 11 is 0. The number of sulfonamides is 1. The molecule has 0 amide bonds. The van der Waals surface area contributed by atoms with Gasteiger partial charge in [-0.2, -0.15) is 5.26 Å². The third-order valence-electron chi connectivity index (χ3n) is 3.40. The molecule has 7 heteroatoms. The molecule has 1 aromatic carbocycles. The summed E-state index contributed by atoms with van der Waals surface area (Å²) in [5, 5.41) is 9.07. The van der Waals surface area contributed by atoms with Crippen molar-refractivity contribution in [3.05, 3.63) is 72.1 Å². The molecule has 6 nitrogen and oxygen atoms in total. The maximum Gasteiger partial charge on any atom is 0.242 e. The fourth-order valence-corrected chi connectivity index (χ4v) is 3.42. The van der Waals surface area contributed by atoms with E-state index in [1.165, 1.54) is 18.4 Å². The monoisotopic (exact) mass is 339 g/mol.